The summed E-state index contributed by atoms with van der Waals surface area (Å²) < 4.78 is 12.8. The maximum Gasteiger partial charge on any atom is 0.0985 e. The quantitative estimate of drug-likeness (QED) is 0.581. The fourth-order valence-corrected chi connectivity index (χ4v) is 0.790. The second-order valence-electron chi connectivity index (χ2n) is 3.71. The first-order valence-corrected chi connectivity index (χ1v) is 4.39. The van der Waals surface area contributed by atoms with Gasteiger partial charge in [0.1, 0.15) is 0 Å². The maximum absolute atomic E-state index is 12.8. The minimum absolute atomic E-state index is 0.0330. The molecule has 0 aliphatic carbocycles. The van der Waals surface area contributed by atoms with E-state index in [-0.39, 0.29) is 11.7 Å². The van der Waals surface area contributed by atoms with Crippen LogP contribution in [0, 0.1) is 11.8 Å². The van der Waals surface area contributed by atoms with Crippen molar-refractivity contribution in [1.29, 1.82) is 0 Å². The molecule has 0 fully saturated rings. The van der Waals surface area contributed by atoms with E-state index < -0.39 is 0 Å². The van der Waals surface area contributed by atoms with Crippen molar-refractivity contribution in [3.05, 3.63) is 11.9 Å². The van der Waals surface area contributed by atoms with Crippen LogP contribution in [-0.4, -0.2) is 0 Å². The Morgan fingerprint density at radius 3 is 2.18 bits per heavy atom. The van der Waals surface area contributed by atoms with Crippen molar-refractivity contribution in [3.63, 3.8) is 0 Å². The summed E-state index contributed by atoms with van der Waals surface area (Å²) in [5.74, 6) is 0.763. The molecule has 0 saturated heterocycles. The molecule has 0 rings (SSSR count). The van der Waals surface area contributed by atoms with Gasteiger partial charge in [-0.25, -0.2) is 4.39 Å². The average molecular weight is 158 g/mol. The lowest BCUT2D eigenvalue weighted by atomic mass is 10.1. The molecule has 0 bridgehead atoms. The van der Waals surface area contributed by atoms with Gasteiger partial charge in [-0.1, -0.05) is 33.8 Å². The standard InChI is InChI=1S/C10H19F/c1-8(2)6-5-7-10(11)9(3)4/h7-9H,5-6H2,1-4H3/b10-7-. The Bertz CT molecular complexity index is 123. The molecule has 66 valence electrons. The molecule has 0 N–H and O–H groups in total. The summed E-state index contributed by atoms with van der Waals surface area (Å²) in [6.07, 6.45) is 3.67. The van der Waals surface area contributed by atoms with Crippen LogP contribution in [-0.2, 0) is 0 Å². The Hall–Kier alpha value is -0.330. The van der Waals surface area contributed by atoms with E-state index in [2.05, 4.69) is 13.8 Å². The van der Waals surface area contributed by atoms with E-state index >= 15 is 0 Å². The first-order valence-electron chi connectivity index (χ1n) is 4.39. The fourth-order valence-electron chi connectivity index (χ4n) is 0.790. The highest BCUT2D eigenvalue weighted by Crippen LogP contribution is 2.13. The van der Waals surface area contributed by atoms with Gasteiger partial charge in [0.05, 0.1) is 5.83 Å². The monoisotopic (exact) mass is 158 g/mol. The highest BCUT2D eigenvalue weighted by molar-refractivity contribution is 4.94. The lowest BCUT2D eigenvalue weighted by Gasteiger charge is -2.02. The molecule has 0 aromatic carbocycles. The van der Waals surface area contributed by atoms with E-state index in [0.29, 0.717) is 5.92 Å². The molecule has 0 amide bonds. The van der Waals surface area contributed by atoms with Crippen LogP contribution in [0.15, 0.2) is 11.9 Å². The van der Waals surface area contributed by atoms with Crippen LogP contribution >= 0.6 is 0 Å². The summed E-state index contributed by atoms with van der Waals surface area (Å²) >= 11 is 0. The number of rotatable bonds is 4. The zero-order chi connectivity index (χ0) is 8.85. The average Bonchev–Trinajstić information content (AvgIpc) is 1.86. The first-order chi connectivity index (χ1) is 5.04. The lowest BCUT2D eigenvalue weighted by molar-refractivity contribution is 0.507. The van der Waals surface area contributed by atoms with Crippen LogP contribution in [0.25, 0.3) is 0 Å². The van der Waals surface area contributed by atoms with Crippen molar-refractivity contribution in [1.82, 2.24) is 0 Å². The van der Waals surface area contributed by atoms with E-state index in [0.717, 1.165) is 12.8 Å². The SMILES string of the molecule is CC(C)CC/C=C(\F)C(C)C. The number of hydrogen-bond donors (Lipinski definition) is 0. The summed E-state index contributed by atoms with van der Waals surface area (Å²) in [5.41, 5.74) is 0. The van der Waals surface area contributed by atoms with Gasteiger partial charge >= 0.3 is 0 Å². The molecule has 0 aromatic heterocycles. The normalized spacial score (nSPS) is 13.2. The van der Waals surface area contributed by atoms with Gasteiger partial charge in [-0.05, 0) is 18.8 Å². The predicted molar refractivity (Wildman–Crippen MR) is 48.1 cm³/mol. The van der Waals surface area contributed by atoms with Crippen molar-refractivity contribution in [2.45, 2.75) is 40.5 Å². The van der Waals surface area contributed by atoms with E-state index in [4.69, 9.17) is 0 Å². The topological polar surface area (TPSA) is 0 Å². The summed E-state index contributed by atoms with van der Waals surface area (Å²) in [6.45, 7) is 8.06. The summed E-state index contributed by atoms with van der Waals surface area (Å²) in [4.78, 5) is 0. The van der Waals surface area contributed by atoms with E-state index in [9.17, 15) is 4.39 Å². The molecule has 0 nitrogen and oxygen atoms in total. The Balaban J connectivity index is 3.57. The van der Waals surface area contributed by atoms with Crippen molar-refractivity contribution in [2.75, 3.05) is 0 Å². The Labute approximate surface area is 69.5 Å². The molecule has 0 atom stereocenters. The molecular formula is C10H19F. The van der Waals surface area contributed by atoms with E-state index in [1.54, 1.807) is 6.08 Å². The van der Waals surface area contributed by atoms with Gasteiger partial charge < -0.3 is 0 Å². The minimum atomic E-state index is 0.0330. The molecule has 0 aliphatic heterocycles. The molecule has 0 aliphatic rings. The van der Waals surface area contributed by atoms with Crippen LogP contribution in [0.1, 0.15) is 40.5 Å². The molecule has 0 radical (unpaired) electrons. The predicted octanol–water partition coefficient (Wildman–Crippen LogP) is 3.93. The van der Waals surface area contributed by atoms with Gasteiger partial charge in [0.25, 0.3) is 0 Å². The van der Waals surface area contributed by atoms with Crippen LogP contribution < -0.4 is 0 Å². The van der Waals surface area contributed by atoms with Crippen molar-refractivity contribution < 1.29 is 4.39 Å². The van der Waals surface area contributed by atoms with Gasteiger partial charge in [0.15, 0.2) is 0 Å². The van der Waals surface area contributed by atoms with Gasteiger partial charge in [0.2, 0.25) is 0 Å². The fraction of sp³-hybridized carbons (Fsp3) is 0.800. The third-order valence-electron chi connectivity index (χ3n) is 1.63. The molecule has 0 unspecified atom stereocenters. The number of allylic oxidation sites excluding steroid dienone is 2. The van der Waals surface area contributed by atoms with Gasteiger partial charge in [-0.2, -0.15) is 0 Å². The summed E-state index contributed by atoms with van der Waals surface area (Å²) in [7, 11) is 0. The number of halogens is 1. The van der Waals surface area contributed by atoms with Crippen molar-refractivity contribution in [2.24, 2.45) is 11.8 Å². The highest BCUT2D eigenvalue weighted by Gasteiger charge is 1.99. The first kappa shape index (κ1) is 10.7. The highest BCUT2D eigenvalue weighted by atomic mass is 19.1. The second kappa shape index (κ2) is 5.34. The third-order valence-corrected chi connectivity index (χ3v) is 1.63. The summed E-state index contributed by atoms with van der Waals surface area (Å²) in [5, 5.41) is 0. The molecule has 0 saturated carbocycles. The second-order valence-corrected chi connectivity index (χ2v) is 3.71. The Morgan fingerprint density at radius 1 is 1.27 bits per heavy atom. The molecule has 11 heavy (non-hydrogen) atoms. The zero-order valence-corrected chi connectivity index (χ0v) is 8.02. The Kier molecular flexibility index (Phi) is 5.18. The minimum Gasteiger partial charge on any atom is -0.212 e. The summed E-state index contributed by atoms with van der Waals surface area (Å²) in [6, 6.07) is 0. The third kappa shape index (κ3) is 6.08. The Morgan fingerprint density at radius 2 is 1.82 bits per heavy atom. The number of hydrogen-bond acceptors (Lipinski definition) is 0. The van der Waals surface area contributed by atoms with Gasteiger partial charge in [-0.15, -0.1) is 0 Å². The molecule has 0 aromatic rings. The van der Waals surface area contributed by atoms with Crippen molar-refractivity contribution >= 4 is 0 Å². The maximum atomic E-state index is 12.8. The smallest absolute Gasteiger partial charge is 0.0985 e. The van der Waals surface area contributed by atoms with Crippen LogP contribution in [0.4, 0.5) is 4.39 Å². The largest absolute Gasteiger partial charge is 0.212 e. The van der Waals surface area contributed by atoms with Crippen LogP contribution in [0.5, 0.6) is 0 Å². The van der Waals surface area contributed by atoms with Gasteiger partial charge in [0, 0.05) is 5.92 Å². The van der Waals surface area contributed by atoms with E-state index in [1.807, 2.05) is 13.8 Å². The van der Waals surface area contributed by atoms with Crippen LogP contribution in [0.2, 0.25) is 0 Å². The zero-order valence-electron chi connectivity index (χ0n) is 8.02. The molecule has 0 heterocycles. The molecular weight excluding hydrogens is 139 g/mol. The van der Waals surface area contributed by atoms with E-state index in [1.165, 1.54) is 0 Å². The lowest BCUT2D eigenvalue weighted by Crippen LogP contribution is -1.89. The molecule has 0 spiro atoms. The van der Waals surface area contributed by atoms with Crippen molar-refractivity contribution in [3.8, 4) is 0 Å². The van der Waals surface area contributed by atoms with Crippen LogP contribution in [0.3, 0.4) is 0 Å². The molecule has 1 heteroatoms. The van der Waals surface area contributed by atoms with Gasteiger partial charge in [-0.3, -0.25) is 0 Å².